The van der Waals surface area contributed by atoms with Crippen LogP contribution in [0, 0.1) is 11.6 Å². The van der Waals surface area contributed by atoms with E-state index in [0.717, 1.165) is 18.6 Å². The van der Waals surface area contributed by atoms with E-state index in [0.29, 0.717) is 18.7 Å². The number of carbonyl (C=O) groups is 2. The van der Waals surface area contributed by atoms with E-state index in [9.17, 15) is 18.4 Å². The van der Waals surface area contributed by atoms with Gasteiger partial charge in [0.2, 0.25) is 11.8 Å². The number of hydrogen-bond donors (Lipinski definition) is 1. The van der Waals surface area contributed by atoms with Crippen molar-refractivity contribution in [2.24, 2.45) is 0 Å². The first-order valence-electron chi connectivity index (χ1n) is 8.51. The molecule has 0 spiro atoms. The van der Waals surface area contributed by atoms with E-state index in [-0.39, 0.29) is 24.7 Å². The summed E-state index contributed by atoms with van der Waals surface area (Å²) >= 11 is 1.71. The first kappa shape index (κ1) is 18.5. The number of amides is 2. The summed E-state index contributed by atoms with van der Waals surface area (Å²) in [5.41, 5.74) is 1.66. The number of fused-ring (bicyclic) bond motifs is 1. The highest BCUT2D eigenvalue weighted by atomic mass is 32.1. The first-order valence-corrected chi connectivity index (χ1v) is 9.39. The Kier molecular flexibility index (Phi) is 5.66. The van der Waals surface area contributed by atoms with Crippen LogP contribution in [0.4, 0.5) is 8.78 Å². The Morgan fingerprint density at radius 3 is 2.81 bits per heavy atom. The first-order chi connectivity index (χ1) is 12.4. The van der Waals surface area contributed by atoms with Crippen molar-refractivity contribution in [2.75, 3.05) is 6.54 Å². The van der Waals surface area contributed by atoms with Crippen LogP contribution in [0.25, 0.3) is 0 Å². The van der Waals surface area contributed by atoms with E-state index >= 15 is 0 Å². The molecule has 0 saturated heterocycles. The lowest BCUT2D eigenvalue weighted by Gasteiger charge is -2.27. The van der Waals surface area contributed by atoms with Gasteiger partial charge in [-0.25, -0.2) is 8.78 Å². The van der Waals surface area contributed by atoms with Crippen LogP contribution >= 0.6 is 11.3 Å². The summed E-state index contributed by atoms with van der Waals surface area (Å²) < 4.78 is 26.3. The Labute approximate surface area is 154 Å². The number of thiophene rings is 1. The van der Waals surface area contributed by atoms with E-state index in [1.165, 1.54) is 16.5 Å². The summed E-state index contributed by atoms with van der Waals surface area (Å²) in [6.07, 6.45) is 1.06. The fourth-order valence-electron chi connectivity index (χ4n) is 3.02. The van der Waals surface area contributed by atoms with Gasteiger partial charge in [-0.15, -0.1) is 11.3 Å². The largest absolute Gasteiger partial charge is 0.350 e. The van der Waals surface area contributed by atoms with Crippen molar-refractivity contribution in [2.45, 2.75) is 38.8 Å². The third-order valence-electron chi connectivity index (χ3n) is 4.55. The molecule has 0 unspecified atom stereocenters. The Bertz CT molecular complexity index is 822. The average molecular weight is 378 g/mol. The van der Waals surface area contributed by atoms with Crippen molar-refractivity contribution in [3.05, 3.63) is 57.3 Å². The second-order valence-corrected chi connectivity index (χ2v) is 7.40. The third kappa shape index (κ3) is 4.27. The molecular weight excluding hydrogens is 358 g/mol. The molecule has 138 valence electrons. The summed E-state index contributed by atoms with van der Waals surface area (Å²) in [6, 6.07) is 5.11. The molecule has 0 aliphatic carbocycles. The molecule has 2 amide bonds. The van der Waals surface area contributed by atoms with Gasteiger partial charge in [-0.2, -0.15) is 0 Å². The summed E-state index contributed by atoms with van der Waals surface area (Å²) in [5, 5.41) is 4.75. The highest BCUT2D eigenvalue weighted by molar-refractivity contribution is 7.10. The van der Waals surface area contributed by atoms with Gasteiger partial charge in [-0.05, 0) is 48.1 Å². The van der Waals surface area contributed by atoms with Crippen LogP contribution in [0.3, 0.4) is 0 Å². The number of benzene rings is 1. The van der Waals surface area contributed by atoms with Gasteiger partial charge in [0, 0.05) is 30.8 Å². The highest BCUT2D eigenvalue weighted by Crippen LogP contribution is 2.24. The van der Waals surface area contributed by atoms with E-state index in [1.807, 2.05) is 11.4 Å². The minimum absolute atomic E-state index is 0.0440. The number of rotatable bonds is 5. The molecule has 4 nitrogen and oxygen atoms in total. The Morgan fingerprint density at radius 2 is 2.04 bits per heavy atom. The smallest absolute Gasteiger partial charge is 0.223 e. The standard InChI is InChI=1S/C19H20F2N2O2S/c1-12(13-2-3-15(20)16(21)10-13)22-18(24)4-5-19(25)23-8-6-17-14(11-23)7-9-26-17/h2-3,7,9-10,12H,4-6,8,11H2,1H3,(H,22,24)/t12-/m0/s1. The van der Waals surface area contributed by atoms with Crippen molar-refractivity contribution >= 4 is 23.2 Å². The van der Waals surface area contributed by atoms with Crippen LogP contribution in [0.1, 0.15) is 41.8 Å². The zero-order chi connectivity index (χ0) is 18.7. The summed E-state index contributed by atoms with van der Waals surface area (Å²) in [6.45, 7) is 2.97. The van der Waals surface area contributed by atoms with Crippen molar-refractivity contribution in [1.29, 1.82) is 0 Å². The molecule has 0 fully saturated rings. The molecule has 1 aromatic carbocycles. The molecule has 7 heteroatoms. The second kappa shape index (κ2) is 7.95. The minimum Gasteiger partial charge on any atom is -0.350 e. The lowest BCUT2D eigenvalue weighted by Crippen LogP contribution is -2.36. The Balaban J connectivity index is 1.47. The lowest BCUT2D eigenvalue weighted by atomic mass is 10.1. The molecule has 1 atom stereocenters. The monoisotopic (exact) mass is 378 g/mol. The van der Waals surface area contributed by atoms with E-state index < -0.39 is 17.7 Å². The van der Waals surface area contributed by atoms with Gasteiger partial charge in [0.15, 0.2) is 11.6 Å². The summed E-state index contributed by atoms with van der Waals surface area (Å²) in [4.78, 5) is 27.5. The number of carbonyl (C=O) groups excluding carboxylic acids is 2. The lowest BCUT2D eigenvalue weighted by molar-refractivity contribution is -0.134. The van der Waals surface area contributed by atoms with Gasteiger partial charge in [0.1, 0.15) is 0 Å². The van der Waals surface area contributed by atoms with Gasteiger partial charge >= 0.3 is 0 Å². The molecule has 2 aromatic rings. The maximum Gasteiger partial charge on any atom is 0.223 e. The topological polar surface area (TPSA) is 49.4 Å². The van der Waals surface area contributed by atoms with E-state index in [2.05, 4.69) is 5.32 Å². The number of hydrogen-bond acceptors (Lipinski definition) is 3. The zero-order valence-corrected chi connectivity index (χ0v) is 15.2. The highest BCUT2D eigenvalue weighted by Gasteiger charge is 2.22. The molecule has 1 aliphatic heterocycles. The molecule has 0 saturated carbocycles. The normalized spacial score (nSPS) is 14.7. The van der Waals surface area contributed by atoms with Crippen molar-refractivity contribution in [1.82, 2.24) is 10.2 Å². The quantitative estimate of drug-likeness (QED) is 0.865. The predicted molar refractivity (Wildman–Crippen MR) is 95.6 cm³/mol. The van der Waals surface area contributed by atoms with Crippen LogP contribution < -0.4 is 5.32 Å². The molecule has 0 bridgehead atoms. The predicted octanol–water partition coefficient (Wildman–Crippen LogP) is 3.57. The number of nitrogens with one attached hydrogen (secondary N) is 1. The van der Waals surface area contributed by atoms with E-state index in [1.54, 1.807) is 23.2 Å². The van der Waals surface area contributed by atoms with Crippen LogP contribution in [0.15, 0.2) is 29.6 Å². The van der Waals surface area contributed by atoms with Crippen LogP contribution in [-0.2, 0) is 22.6 Å². The maximum absolute atomic E-state index is 13.3. The van der Waals surface area contributed by atoms with Crippen molar-refractivity contribution in [3.63, 3.8) is 0 Å². The molecular formula is C19H20F2N2O2S. The van der Waals surface area contributed by atoms with E-state index in [4.69, 9.17) is 0 Å². The summed E-state index contributed by atoms with van der Waals surface area (Å²) in [5.74, 6) is -2.20. The van der Waals surface area contributed by atoms with Gasteiger partial charge in [-0.1, -0.05) is 6.07 Å². The fraction of sp³-hybridized carbons (Fsp3) is 0.368. The Morgan fingerprint density at radius 1 is 1.23 bits per heavy atom. The van der Waals surface area contributed by atoms with Gasteiger partial charge in [0.05, 0.1) is 6.04 Å². The zero-order valence-electron chi connectivity index (χ0n) is 14.4. The fourth-order valence-corrected chi connectivity index (χ4v) is 3.91. The van der Waals surface area contributed by atoms with Crippen molar-refractivity contribution < 1.29 is 18.4 Å². The number of halogens is 2. The van der Waals surface area contributed by atoms with Crippen LogP contribution in [0.2, 0.25) is 0 Å². The Hall–Kier alpha value is -2.28. The van der Waals surface area contributed by atoms with Gasteiger partial charge in [0.25, 0.3) is 0 Å². The molecule has 3 rings (SSSR count). The molecule has 0 radical (unpaired) electrons. The average Bonchev–Trinajstić information content (AvgIpc) is 3.09. The molecule has 1 aromatic heterocycles. The second-order valence-electron chi connectivity index (χ2n) is 6.40. The van der Waals surface area contributed by atoms with Gasteiger partial charge in [-0.3, -0.25) is 9.59 Å². The molecule has 2 heterocycles. The minimum atomic E-state index is -0.948. The van der Waals surface area contributed by atoms with Crippen LogP contribution in [0.5, 0.6) is 0 Å². The van der Waals surface area contributed by atoms with Crippen molar-refractivity contribution in [3.8, 4) is 0 Å². The van der Waals surface area contributed by atoms with Gasteiger partial charge < -0.3 is 10.2 Å². The summed E-state index contributed by atoms with van der Waals surface area (Å²) in [7, 11) is 0. The molecule has 26 heavy (non-hydrogen) atoms. The third-order valence-corrected chi connectivity index (χ3v) is 5.57. The molecule has 1 aliphatic rings. The molecule has 1 N–H and O–H groups in total. The SMILES string of the molecule is C[C@H](NC(=O)CCC(=O)N1CCc2sccc2C1)c1ccc(F)c(F)c1. The number of nitrogens with zero attached hydrogens (tertiary/aromatic N) is 1. The maximum atomic E-state index is 13.3. The van der Waals surface area contributed by atoms with Crippen LogP contribution in [-0.4, -0.2) is 23.3 Å².